The van der Waals surface area contributed by atoms with E-state index < -0.39 is 22.7 Å². The van der Waals surface area contributed by atoms with Crippen LogP contribution in [0.2, 0.25) is 0 Å². The Hall–Kier alpha value is -2.70. The van der Waals surface area contributed by atoms with Crippen molar-refractivity contribution in [1.82, 2.24) is 5.32 Å². The highest BCUT2D eigenvalue weighted by Gasteiger charge is 2.26. The molecule has 0 aromatic heterocycles. The summed E-state index contributed by atoms with van der Waals surface area (Å²) in [7, 11) is 0. The summed E-state index contributed by atoms with van der Waals surface area (Å²) in [4.78, 5) is 33.3. The van der Waals surface area contributed by atoms with Crippen molar-refractivity contribution in [1.29, 1.82) is 0 Å². The molecule has 2 atom stereocenters. The first-order chi connectivity index (χ1) is 9.90. The van der Waals surface area contributed by atoms with Gasteiger partial charge < -0.3 is 10.4 Å². The number of carboxylic acid groups (broad SMARTS) is 1. The molecule has 1 aliphatic rings. The minimum Gasteiger partial charge on any atom is -0.481 e. The van der Waals surface area contributed by atoms with Gasteiger partial charge in [-0.3, -0.25) is 19.7 Å². The van der Waals surface area contributed by atoms with E-state index in [4.69, 9.17) is 5.11 Å². The van der Waals surface area contributed by atoms with Crippen LogP contribution in [0.15, 0.2) is 30.4 Å². The number of amides is 1. The summed E-state index contributed by atoms with van der Waals surface area (Å²) in [5.74, 6) is -1.99. The molecule has 0 heterocycles. The van der Waals surface area contributed by atoms with Gasteiger partial charge in [-0.2, -0.15) is 0 Å². The van der Waals surface area contributed by atoms with Crippen LogP contribution >= 0.6 is 0 Å². The summed E-state index contributed by atoms with van der Waals surface area (Å²) in [6.45, 7) is 1.51. The van der Waals surface area contributed by atoms with Gasteiger partial charge in [0.2, 0.25) is 0 Å². The highest BCUT2D eigenvalue weighted by atomic mass is 16.6. The highest BCUT2D eigenvalue weighted by Crippen LogP contribution is 2.22. The molecular weight excluding hydrogens is 276 g/mol. The first kappa shape index (κ1) is 14.7. The van der Waals surface area contributed by atoms with Crippen molar-refractivity contribution in [3.05, 3.63) is 51.6 Å². The Kier molecular flexibility index (Phi) is 4.02. The van der Waals surface area contributed by atoms with E-state index in [2.05, 4.69) is 5.32 Å². The molecule has 0 fully saturated rings. The number of aliphatic carboxylic acids is 1. The van der Waals surface area contributed by atoms with Crippen molar-refractivity contribution in [3.63, 3.8) is 0 Å². The largest absolute Gasteiger partial charge is 0.481 e. The van der Waals surface area contributed by atoms with E-state index >= 15 is 0 Å². The summed E-state index contributed by atoms with van der Waals surface area (Å²) in [5, 5.41) is 22.4. The highest BCUT2D eigenvalue weighted by molar-refractivity contribution is 5.97. The predicted molar refractivity (Wildman–Crippen MR) is 74.0 cm³/mol. The van der Waals surface area contributed by atoms with Gasteiger partial charge in [0.25, 0.3) is 11.6 Å². The summed E-state index contributed by atoms with van der Waals surface area (Å²) < 4.78 is 0. The molecule has 21 heavy (non-hydrogen) atoms. The molecule has 0 saturated carbocycles. The number of nitro groups is 1. The van der Waals surface area contributed by atoms with Crippen LogP contribution in [0.3, 0.4) is 0 Å². The molecule has 0 spiro atoms. The normalized spacial score (nSPS) is 20.2. The number of carboxylic acids is 1. The Morgan fingerprint density at radius 2 is 2.10 bits per heavy atom. The Bertz CT molecular complexity index is 638. The zero-order valence-electron chi connectivity index (χ0n) is 11.3. The van der Waals surface area contributed by atoms with E-state index in [1.807, 2.05) is 0 Å². The van der Waals surface area contributed by atoms with Crippen LogP contribution in [0.5, 0.6) is 0 Å². The number of hydrogen-bond donors (Lipinski definition) is 2. The Morgan fingerprint density at radius 3 is 2.67 bits per heavy atom. The number of benzene rings is 1. The zero-order valence-corrected chi connectivity index (χ0v) is 11.3. The molecule has 2 N–H and O–H groups in total. The second kappa shape index (κ2) is 5.74. The molecule has 2 rings (SSSR count). The van der Waals surface area contributed by atoms with E-state index in [0.717, 1.165) is 0 Å². The smallest absolute Gasteiger partial charge is 0.310 e. The van der Waals surface area contributed by atoms with E-state index in [-0.39, 0.29) is 29.3 Å². The Labute approximate surface area is 120 Å². The van der Waals surface area contributed by atoms with E-state index in [1.165, 1.54) is 31.2 Å². The molecule has 1 aromatic rings. The van der Waals surface area contributed by atoms with Crippen molar-refractivity contribution in [2.75, 3.05) is 0 Å². The number of nitrogens with zero attached hydrogens (tertiary/aromatic N) is 1. The van der Waals surface area contributed by atoms with Crippen LogP contribution in [0.25, 0.3) is 0 Å². The third-order valence-electron chi connectivity index (χ3n) is 3.46. The maximum absolute atomic E-state index is 12.2. The molecule has 110 valence electrons. The monoisotopic (exact) mass is 290 g/mol. The topological polar surface area (TPSA) is 110 Å². The zero-order chi connectivity index (χ0) is 15.6. The molecule has 7 nitrogen and oxygen atoms in total. The lowest BCUT2D eigenvalue weighted by Crippen LogP contribution is -2.33. The fourth-order valence-electron chi connectivity index (χ4n) is 2.30. The average Bonchev–Trinajstić information content (AvgIpc) is 2.87. The molecule has 0 radical (unpaired) electrons. The summed E-state index contributed by atoms with van der Waals surface area (Å²) in [6, 6.07) is 3.91. The molecule has 1 aromatic carbocycles. The minimum atomic E-state index is -0.936. The molecule has 7 heteroatoms. The molecule has 0 bridgehead atoms. The van der Waals surface area contributed by atoms with Gasteiger partial charge in [0, 0.05) is 23.2 Å². The molecule has 0 aliphatic heterocycles. The first-order valence-corrected chi connectivity index (χ1v) is 6.36. The lowest BCUT2D eigenvalue weighted by molar-refractivity contribution is -0.385. The van der Waals surface area contributed by atoms with Crippen molar-refractivity contribution in [2.45, 2.75) is 19.4 Å². The van der Waals surface area contributed by atoms with Gasteiger partial charge in [-0.15, -0.1) is 0 Å². The standard InChI is InChI=1S/C14H14N2O5/c1-8-11(3-2-4-12(8)16(20)21)13(17)15-10-6-5-9(7-10)14(18)19/h2-6,9-10H,7H2,1H3,(H,15,17)(H,18,19). The maximum atomic E-state index is 12.2. The third kappa shape index (κ3) is 3.07. The number of carbonyl (C=O) groups excluding carboxylic acids is 1. The predicted octanol–water partition coefficient (Wildman–Crippen LogP) is 1.66. The third-order valence-corrected chi connectivity index (χ3v) is 3.46. The number of nitrogens with one attached hydrogen (secondary N) is 1. The number of rotatable bonds is 4. The van der Waals surface area contributed by atoms with Crippen LogP contribution in [-0.2, 0) is 4.79 Å². The van der Waals surface area contributed by atoms with Gasteiger partial charge in [-0.1, -0.05) is 18.2 Å². The van der Waals surface area contributed by atoms with Crippen LogP contribution in [0, 0.1) is 23.0 Å². The van der Waals surface area contributed by atoms with Crippen molar-refractivity contribution in [2.24, 2.45) is 5.92 Å². The van der Waals surface area contributed by atoms with E-state index in [9.17, 15) is 19.7 Å². The van der Waals surface area contributed by atoms with Crippen LogP contribution < -0.4 is 5.32 Å². The summed E-state index contributed by atoms with van der Waals surface area (Å²) in [5.41, 5.74) is 0.390. The second-order valence-corrected chi connectivity index (χ2v) is 4.85. The fourth-order valence-corrected chi connectivity index (χ4v) is 2.30. The maximum Gasteiger partial charge on any atom is 0.310 e. The SMILES string of the molecule is Cc1c(C(=O)NC2C=CC(C(=O)O)C2)cccc1[N+](=O)[O-]. The molecule has 0 saturated heterocycles. The van der Waals surface area contributed by atoms with E-state index in [0.29, 0.717) is 0 Å². The molecule has 2 unspecified atom stereocenters. The van der Waals surface area contributed by atoms with Crippen LogP contribution in [0.1, 0.15) is 22.3 Å². The number of carbonyl (C=O) groups is 2. The quantitative estimate of drug-likeness (QED) is 0.498. The van der Waals surface area contributed by atoms with Gasteiger partial charge in [-0.05, 0) is 19.4 Å². The second-order valence-electron chi connectivity index (χ2n) is 4.85. The van der Waals surface area contributed by atoms with Crippen LogP contribution in [-0.4, -0.2) is 27.9 Å². The van der Waals surface area contributed by atoms with Gasteiger partial charge in [0.1, 0.15) is 0 Å². The van der Waals surface area contributed by atoms with Crippen LogP contribution in [0.4, 0.5) is 5.69 Å². The van der Waals surface area contributed by atoms with E-state index in [1.54, 1.807) is 6.08 Å². The summed E-state index contributed by atoms with van der Waals surface area (Å²) >= 11 is 0. The van der Waals surface area contributed by atoms with Crippen molar-refractivity contribution < 1.29 is 19.6 Å². The lowest BCUT2D eigenvalue weighted by Gasteiger charge is -2.13. The van der Waals surface area contributed by atoms with Gasteiger partial charge in [0.15, 0.2) is 0 Å². The van der Waals surface area contributed by atoms with Crippen molar-refractivity contribution in [3.8, 4) is 0 Å². The van der Waals surface area contributed by atoms with Gasteiger partial charge in [0.05, 0.1) is 10.8 Å². The molecular formula is C14H14N2O5. The Balaban J connectivity index is 2.12. The molecule has 1 amide bonds. The van der Waals surface area contributed by atoms with Gasteiger partial charge in [-0.25, -0.2) is 0 Å². The fraction of sp³-hybridized carbons (Fsp3) is 0.286. The lowest BCUT2D eigenvalue weighted by atomic mass is 10.0. The minimum absolute atomic E-state index is 0.118. The van der Waals surface area contributed by atoms with Crippen molar-refractivity contribution >= 4 is 17.6 Å². The average molecular weight is 290 g/mol. The summed E-state index contributed by atoms with van der Waals surface area (Å²) in [6.07, 6.45) is 3.45. The molecule has 1 aliphatic carbocycles. The number of hydrogen-bond acceptors (Lipinski definition) is 4. The van der Waals surface area contributed by atoms with Gasteiger partial charge >= 0.3 is 5.97 Å². The number of nitro benzene ring substituents is 1. The Morgan fingerprint density at radius 1 is 1.38 bits per heavy atom. The first-order valence-electron chi connectivity index (χ1n) is 6.36.